The lowest BCUT2D eigenvalue weighted by Gasteiger charge is -2.10. The van der Waals surface area contributed by atoms with Gasteiger partial charge >= 0.3 is 11.9 Å². The van der Waals surface area contributed by atoms with E-state index >= 15 is 0 Å². The van der Waals surface area contributed by atoms with Crippen molar-refractivity contribution in [2.24, 2.45) is 0 Å². The maximum atomic E-state index is 12.4. The van der Waals surface area contributed by atoms with Gasteiger partial charge in [-0.05, 0) is 24.3 Å². The van der Waals surface area contributed by atoms with Crippen LogP contribution < -0.4 is 5.32 Å². The number of rotatable bonds is 5. The van der Waals surface area contributed by atoms with Crippen LogP contribution in [0.1, 0.15) is 31.1 Å². The Morgan fingerprint density at radius 3 is 2.38 bits per heavy atom. The molecule has 2 aromatic carbocycles. The van der Waals surface area contributed by atoms with E-state index in [1.54, 1.807) is 0 Å². The van der Waals surface area contributed by atoms with Crippen LogP contribution in [0.15, 0.2) is 40.9 Å². The van der Waals surface area contributed by atoms with Crippen molar-refractivity contribution < 1.29 is 29.2 Å². The van der Waals surface area contributed by atoms with E-state index in [0.29, 0.717) is 4.47 Å². The fourth-order valence-electron chi connectivity index (χ4n) is 2.08. The Kier molecular flexibility index (Phi) is 5.68. The van der Waals surface area contributed by atoms with Crippen molar-refractivity contribution in [2.45, 2.75) is 0 Å². The first-order valence-electron chi connectivity index (χ1n) is 6.95. The summed E-state index contributed by atoms with van der Waals surface area (Å²) in [5.74, 6) is -2.93. The minimum Gasteiger partial charge on any atom is -0.478 e. The molecule has 0 saturated carbocycles. The van der Waals surface area contributed by atoms with Gasteiger partial charge in [-0.1, -0.05) is 15.9 Å². The number of nitro benzene ring substituents is 1. The Morgan fingerprint density at radius 2 is 1.81 bits per heavy atom. The van der Waals surface area contributed by atoms with Crippen LogP contribution in [0, 0.1) is 10.1 Å². The highest BCUT2D eigenvalue weighted by molar-refractivity contribution is 9.10. The number of methoxy groups -OCH3 is 1. The van der Waals surface area contributed by atoms with Gasteiger partial charge in [0.05, 0.1) is 28.8 Å². The molecule has 0 aliphatic heterocycles. The molecule has 10 heteroatoms. The van der Waals surface area contributed by atoms with Crippen LogP contribution >= 0.6 is 15.9 Å². The number of amides is 1. The smallest absolute Gasteiger partial charge is 0.338 e. The second-order valence-corrected chi connectivity index (χ2v) is 5.88. The molecule has 0 aromatic heterocycles. The number of hydrogen-bond donors (Lipinski definition) is 2. The number of anilines is 1. The highest BCUT2D eigenvalue weighted by Crippen LogP contribution is 2.23. The topological polar surface area (TPSA) is 136 Å². The van der Waals surface area contributed by atoms with Crippen LogP contribution in [0.3, 0.4) is 0 Å². The number of nitro groups is 1. The average Bonchev–Trinajstić information content (AvgIpc) is 2.61. The summed E-state index contributed by atoms with van der Waals surface area (Å²) in [7, 11) is 1.10. The Labute approximate surface area is 154 Å². The molecule has 134 valence electrons. The van der Waals surface area contributed by atoms with Crippen molar-refractivity contribution in [1.29, 1.82) is 0 Å². The quantitative estimate of drug-likeness (QED) is 0.429. The zero-order valence-corrected chi connectivity index (χ0v) is 14.8. The zero-order valence-electron chi connectivity index (χ0n) is 13.2. The lowest BCUT2D eigenvalue weighted by molar-refractivity contribution is -0.384. The molecule has 2 rings (SSSR count). The maximum Gasteiger partial charge on any atom is 0.338 e. The number of hydrogen-bond acceptors (Lipinski definition) is 6. The molecular formula is C16H11BrN2O7. The summed E-state index contributed by atoms with van der Waals surface area (Å²) >= 11 is 3.13. The molecule has 26 heavy (non-hydrogen) atoms. The first-order valence-corrected chi connectivity index (χ1v) is 7.74. The summed E-state index contributed by atoms with van der Waals surface area (Å²) in [4.78, 5) is 45.6. The van der Waals surface area contributed by atoms with Gasteiger partial charge in [-0.2, -0.15) is 0 Å². The van der Waals surface area contributed by atoms with Gasteiger partial charge in [-0.3, -0.25) is 14.9 Å². The summed E-state index contributed by atoms with van der Waals surface area (Å²) < 4.78 is 5.01. The van der Waals surface area contributed by atoms with E-state index < -0.39 is 28.5 Å². The number of nitrogens with one attached hydrogen (secondary N) is 1. The van der Waals surface area contributed by atoms with Gasteiger partial charge in [-0.25, -0.2) is 9.59 Å². The largest absolute Gasteiger partial charge is 0.478 e. The molecule has 0 radical (unpaired) electrons. The maximum absolute atomic E-state index is 12.4. The summed E-state index contributed by atoms with van der Waals surface area (Å²) in [5.41, 5.74) is -1.03. The molecular weight excluding hydrogens is 412 g/mol. The number of halogens is 1. The second-order valence-electron chi connectivity index (χ2n) is 4.97. The number of carboxylic acid groups (broad SMARTS) is 1. The minimum absolute atomic E-state index is 0.00294. The lowest BCUT2D eigenvalue weighted by Crippen LogP contribution is -2.16. The highest BCUT2D eigenvalue weighted by atomic mass is 79.9. The molecule has 0 atom stereocenters. The summed E-state index contributed by atoms with van der Waals surface area (Å²) in [6, 6.07) is 7.25. The standard InChI is InChI=1S/C16H11BrN2O7/c1-26-16(23)9-4-8(5-11(6-9)19(24)25)14(20)18-13-3-2-10(17)7-12(13)15(21)22/h2-7H,1H3,(H,18,20)(H,21,22). The molecule has 9 nitrogen and oxygen atoms in total. The van der Waals surface area contributed by atoms with Crippen LogP contribution in [0.25, 0.3) is 0 Å². The van der Waals surface area contributed by atoms with Gasteiger partial charge in [0.1, 0.15) is 0 Å². The van der Waals surface area contributed by atoms with Crippen LogP contribution in [-0.2, 0) is 4.74 Å². The first kappa shape index (κ1) is 19.1. The Balaban J connectivity index is 2.44. The lowest BCUT2D eigenvalue weighted by atomic mass is 10.1. The van der Waals surface area contributed by atoms with E-state index in [4.69, 9.17) is 0 Å². The Hall–Kier alpha value is -3.27. The fourth-order valence-corrected chi connectivity index (χ4v) is 2.44. The highest BCUT2D eigenvalue weighted by Gasteiger charge is 2.20. The third-order valence-corrected chi connectivity index (χ3v) is 3.77. The van der Waals surface area contributed by atoms with Gasteiger partial charge in [0.2, 0.25) is 0 Å². The number of esters is 1. The van der Waals surface area contributed by atoms with Gasteiger partial charge in [0.25, 0.3) is 11.6 Å². The van der Waals surface area contributed by atoms with Crippen molar-refractivity contribution in [1.82, 2.24) is 0 Å². The number of non-ortho nitro benzene ring substituents is 1. The van der Waals surface area contributed by atoms with E-state index in [1.165, 1.54) is 18.2 Å². The zero-order chi connectivity index (χ0) is 19.4. The number of carbonyl (C=O) groups is 3. The van der Waals surface area contributed by atoms with Gasteiger partial charge in [0.15, 0.2) is 0 Å². The Morgan fingerprint density at radius 1 is 1.15 bits per heavy atom. The molecule has 0 saturated heterocycles. The summed E-state index contributed by atoms with van der Waals surface area (Å²) in [5, 5.41) is 22.6. The molecule has 0 heterocycles. The molecule has 0 spiro atoms. The fraction of sp³-hybridized carbons (Fsp3) is 0.0625. The van der Waals surface area contributed by atoms with Crippen molar-refractivity contribution in [3.8, 4) is 0 Å². The van der Waals surface area contributed by atoms with Crippen molar-refractivity contribution in [2.75, 3.05) is 12.4 Å². The molecule has 0 unspecified atom stereocenters. The normalized spacial score (nSPS) is 10.1. The van der Waals surface area contributed by atoms with Crippen LogP contribution in [0.5, 0.6) is 0 Å². The van der Waals surface area contributed by atoms with Crippen molar-refractivity contribution >= 4 is 45.2 Å². The molecule has 0 fully saturated rings. The predicted octanol–water partition coefficient (Wildman–Crippen LogP) is 3.09. The van der Waals surface area contributed by atoms with Crippen molar-refractivity contribution in [3.63, 3.8) is 0 Å². The molecule has 2 N–H and O–H groups in total. The van der Waals surface area contributed by atoms with E-state index in [2.05, 4.69) is 26.0 Å². The number of carbonyl (C=O) groups excluding carboxylic acids is 2. The van der Waals surface area contributed by atoms with E-state index in [9.17, 15) is 29.6 Å². The summed E-state index contributed by atoms with van der Waals surface area (Å²) in [6.45, 7) is 0. The summed E-state index contributed by atoms with van der Waals surface area (Å²) in [6.07, 6.45) is 0. The predicted molar refractivity (Wildman–Crippen MR) is 93.5 cm³/mol. The van der Waals surface area contributed by atoms with E-state index in [0.717, 1.165) is 25.3 Å². The minimum atomic E-state index is -1.27. The Bertz CT molecular complexity index is 927. The van der Waals surface area contributed by atoms with Crippen LogP contribution in [0.2, 0.25) is 0 Å². The second kappa shape index (κ2) is 7.74. The van der Waals surface area contributed by atoms with Crippen LogP contribution in [-0.4, -0.2) is 35.0 Å². The SMILES string of the molecule is COC(=O)c1cc(C(=O)Nc2ccc(Br)cc2C(=O)O)cc([N+](=O)[O-])c1. The van der Waals surface area contributed by atoms with E-state index in [-0.39, 0.29) is 22.4 Å². The van der Waals surface area contributed by atoms with Crippen molar-refractivity contribution in [3.05, 3.63) is 67.7 Å². The molecule has 0 aliphatic carbocycles. The molecule has 0 bridgehead atoms. The third kappa shape index (κ3) is 4.22. The molecule has 1 amide bonds. The monoisotopic (exact) mass is 422 g/mol. The molecule has 0 aliphatic rings. The number of aromatic carboxylic acids is 1. The third-order valence-electron chi connectivity index (χ3n) is 3.27. The number of ether oxygens (including phenoxy) is 1. The van der Waals surface area contributed by atoms with Gasteiger partial charge in [-0.15, -0.1) is 0 Å². The number of nitrogens with zero attached hydrogens (tertiary/aromatic N) is 1. The van der Waals surface area contributed by atoms with Crippen LogP contribution in [0.4, 0.5) is 11.4 Å². The van der Waals surface area contributed by atoms with E-state index in [1.807, 2.05) is 0 Å². The number of benzene rings is 2. The first-order chi connectivity index (χ1) is 12.2. The van der Waals surface area contributed by atoms with Gasteiger partial charge in [0, 0.05) is 22.2 Å². The molecule has 2 aromatic rings. The van der Waals surface area contributed by atoms with Gasteiger partial charge < -0.3 is 15.2 Å². The number of carboxylic acids is 1. The average molecular weight is 423 g/mol.